The van der Waals surface area contributed by atoms with E-state index < -0.39 is 0 Å². The maximum atomic E-state index is 12.5. The van der Waals surface area contributed by atoms with Crippen LogP contribution in [-0.4, -0.2) is 33.3 Å². The molecular formula is C15H20N4O2S. The SMILES string of the molecule is Cc1nc(C)c(C(=O)N[C@H]2CCCO[C@@H]2c2cnn(C)c2)s1. The second kappa shape index (κ2) is 6.18. The highest BCUT2D eigenvalue weighted by atomic mass is 32.1. The lowest BCUT2D eigenvalue weighted by molar-refractivity contribution is -0.00946. The molecule has 1 aliphatic heterocycles. The fourth-order valence-corrected chi connectivity index (χ4v) is 3.64. The highest BCUT2D eigenvalue weighted by Gasteiger charge is 2.30. The van der Waals surface area contributed by atoms with Gasteiger partial charge in [0.25, 0.3) is 5.91 Å². The van der Waals surface area contributed by atoms with Crippen molar-refractivity contribution in [3.8, 4) is 0 Å². The molecule has 0 aliphatic carbocycles. The summed E-state index contributed by atoms with van der Waals surface area (Å²) in [6.07, 6.45) is 5.46. The van der Waals surface area contributed by atoms with Crippen LogP contribution in [0, 0.1) is 13.8 Å². The molecule has 2 aromatic rings. The summed E-state index contributed by atoms with van der Waals surface area (Å²) in [5, 5.41) is 8.22. The fraction of sp³-hybridized carbons (Fsp3) is 0.533. The molecular weight excluding hydrogens is 300 g/mol. The second-order valence-electron chi connectivity index (χ2n) is 5.61. The summed E-state index contributed by atoms with van der Waals surface area (Å²) in [6, 6.07) is -0.0349. The van der Waals surface area contributed by atoms with Crippen molar-refractivity contribution in [3.63, 3.8) is 0 Å². The van der Waals surface area contributed by atoms with E-state index in [2.05, 4.69) is 15.4 Å². The number of aryl methyl sites for hydroxylation is 3. The maximum absolute atomic E-state index is 12.5. The van der Waals surface area contributed by atoms with Crippen molar-refractivity contribution in [1.29, 1.82) is 0 Å². The molecule has 118 valence electrons. The number of carbonyl (C=O) groups is 1. The Bertz CT molecular complexity index is 679. The van der Waals surface area contributed by atoms with Crippen molar-refractivity contribution in [3.05, 3.63) is 33.5 Å². The molecule has 22 heavy (non-hydrogen) atoms. The summed E-state index contributed by atoms with van der Waals surface area (Å²) in [5.41, 5.74) is 1.79. The second-order valence-corrected chi connectivity index (χ2v) is 6.81. The van der Waals surface area contributed by atoms with Crippen molar-refractivity contribution in [2.45, 2.75) is 38.8 Å². The monoisotopic (exact) mass is 320 g/mol. The number of carbonyl (C=O) groups excluding carboxylic acids is 1. The smallest absolute Gasteiger partial charge is 0.263 e. The third-order valence-corrected chi connectivity index (χ3v) is 4.87. The Morgan fingerprint density at radius 3 is 2.95 bits per heavy atom. The van der Waals surface area contributed by atoms with E-state index in [4.69, 9.17) is 4.74 Å². The first-order valence-corrected chi connectivity index (χ1v) is 8.21. The number of rotatable bonds is 3. The van der Waals surface area contributed by atoms with Crippen LogP contribution in [0.2, 0.25) is 0 Å². The van der Waals surface area contributed by atoms with E-state index in [9.17, 15) is 4.79 Å². The van der Waals surface area contributed by atoms with E-state index in [-0.39, 0.29) is 18.1 Å². The zero-order valence-electron chi connectivity index (χ0n) is 13.0. The van der Waals surface area contributed by atoms with Gasteiger partial charge < -0.3 is 10.1 Å². The molecule has 6 nitrogen and oxygen atoms in total. The average Bonchev–Trinajstić information content (AvgIpc) is 3.05. The molecule has 0 unspecified atom stereocenters. The number of hydrogen-bond acceptors (Lipinski definition) is 5. The van der Waals surface area contributed by atoms with E-state index in [0.29, 0.717) is 11.5 Å². The number of amides is 1. The van der Waals surface area contributed by atoms with Crippen LogP contribution in [0.4, 0.5) is 0 Å². The molecule has 1 amide bonds. The Morgan fingerprint density at radius 2 is 2.32 bits per heavy atom. The quantitative estimate of drug-likeness (QED) is 0.941. The van der Waals surface area contributed by atoms with Crippen LogP contribution in [-0.2, 0) is 11.8 Å². The predicted octanol–water partition coefficient (Wildman–Crippen LogP) is 2.14. The molecule has 3 rings (SSSR count). The average molecular weight is 320 g/mol. The van der Waals surface area contributed by atoms with Crippen molar-refractivity contribution in [2.24, 2.45) is 7.05 Å². The van der Waals surface area contributed by atoms with Crippen molar-refractivity contribution >= 4 is 17.2 Å². The zero-order valence-corrected chi connectivity index (χ0v) is 13.8. The number of ether oxygens (including phenoxy) is 1. The maximum Gasteiger partial charge on any atom is 0.263 e. The molecule has 0 aromatic carbocycles. The lowest BCUT2D eigenvalue weighted by Gasteiger charge is -2.31. The Balaban J connectivity index is 1.77. The van der Waals surface area contributed by atoms with Gasteiger partial charge >= 0.3 is 0 Å². The fourth-order valence-electron chi connectivity index (χ4n) is 2.82. The molecule has 2 atom stereocenters. The van der Waals surface area contributed by atoms with Gasteiger partial charge in [-0.25, -0.2) is 4.98 Å². The van der Waals surface area contributed by atoms with Crippen LogP contribution in [0.1, 0.15) is 44.9 Å². The zero-order chi connectivity index (χ0) is 15.7. The van der Waals surface area contributed by atoms with Gasteiger partial charge in [0.15, 0.2) is 0 Å². The molecule has 0 spiro atoms. The van der Waals surface area contributed by atoms with Gasteiger partial charge in [-0.2, -0.15) is 5.10 Å². The normalized spacial score (nSPS) is 21.8. The van der Waals surface area contributed by atoms with Crippen LogP contribution in [0.3, 0.4) is 0 Å². The minimum Gasteiger partial charge on any atom is -0.371 e. The van der Waals surface area contributed by atoms with Gasteiger partial charge in [0, 0.05) is 25.4 Å². The van der Waals surface area contributed by atoms with Crippen molar-refractivity contribution in [1.82, 2.24) is 20.1 Å². The summed E-state index contributed by atoms with van der Waals surface area (Å²) in [4.78, 5) is 17.5. The van der Waals surface area contributed by atoms with Gasteiger partial charge in [0.05, 0.1) is 22.9 Å². The Kier molecular flexibility index (Phi) is 4.26. The van der Waals surface area contributed by atoms with Crippen LogP contribution < -0.4 is 5.32 Å². The third kappa shape index (κ3) is 3.05. The molecule has 0 saturated carbocycles. The number of thiazole rings is 1. The molecule has 3 heterocycles. The highest BCUT2D eigenvalue weighted by Crippen LogP contribution is 2.29. The van der Waals surface area contributed by atoms with E-state index in [1.165, 1.54) is 11.3 Å². The topological polar surface area (TPSA) is 69.0 Å². The predicted molar refractivity (Wildman–Crippen MR) is 84.0 cm³/mol. The van der Waals surface area contributed by atoms with Crippen LogP contribution in [0.25, 0.3) is 0 Å². The molecule has 0 radical (unpaired) electrons. The first-order valence-electron chi connectivity index (χ1n) is 7.39. The van der Waals surface area contributed by atoms with Crippen molar-refractivity contribution in [2.75, 3.05) is 6.61 Å². The summed E-state index contributed by atoms with van der Waals surface area (Å²) in [6.45, 7) is 4.50. The molecule has 1 aliphatic rings. The summed E-state index contributed by atoms with van der Waals surface area (Å²) in [7, 11) is 1.88. The van der Waals surface area contributed by atoms with Crippen molar-refractivity contribution < 1.29 is 9.53 Å². The van der Waals surface area contributed by atoms with Crippen LogP contribution in [0.5, 0.6) is 0 Å². The van der Waals surface area contributed by atoms with Gasteiger partial charge in [-0.05, 0) is 26.7 Å². The molecule has 2 aromatic heterocycles. The Hall–Kier alpha value is -1.73. The number of hydrogen-bond donors (Lipinski definition) is 1. The van der Waals surface area contributed by atoms with Gasteiger partial charge in [0.1, 0.15) is 11.0 Å². The Labute approximate surface area is 133 Å². The van der Waals surface area contributed by atoms with E-state index >= 15 is 0 Å². The minimum absolute atomic E-state index is 0.0349. The van der Waals surface area contributed by atoms with Gasteiger partial charge in [0.2, 0.25) is 0 Å². The molecule has 7 heteroatoms. The number of aromatic nitrogens is 3. The minimum atomic E-state index is -0.138. The molecule has 0 bridgehead atoms. The standard InChI is InChI=1S/C15H20N4O2S/c1-9-14(22-10(2)17-9)15(20)18-12-5-4-6-21-13(12)11-7-16-19(3)8-11/h7-8,12-13H,4-6H2,1-3H3,(H,18,20)/t12-,13+/m0/s1. The number of nitrogens with zero attached hydrogens (tertiary/aromatic N) is 3. The lowest BCUT2D eigenvalue weighted by atomic mass is 9.98. The van der Waals surface area contributed by atoms with Crippen LogP contribution in [0.15, 0.2) is 12.4 Å². The van der Waals surface area contributed by atoms with E-state index in [1.54, 1.807) is 10.9 Å². The number of nitrogens with one attached hydrogen (secondary N) is 1. The summed E-state index contributed by atoms with van der Waals surface area (Å²) >= 11 is 1.43. The van der Waals surface area contributed by atoms with E-state index in [0.717, 1.165) is 29.1 Å². The largest absolute Gasteiger partial charge is 0.371 e. The highest BCUT2D eigenvalue weighted by molar-refractivity contribution is 7.13. The van der Waals surface area contributed by atoms with Gasteiger partial charge in [-0.15, -0.1) is 11.3 Å². The van der Waals surface area contributed by atoms with Gasteiger partial charge in [-0.3, -0.25) is 9.48 Å². The molecule has 1 N–H and O–H groups in total. The Morgan fingerprint density at radius 1 is 1.50 bits per heavy atom. The third-order valence-electron chi connectivity index (χ3n) is 3.80. The first kappa shape index (κ1) is 15.2. The van der Waals surface area contributed by atoms with E-state index in [1.807, 2.05) is 27.1 Å². The molecule has 1 saturated heterocycles. The first-order chi connectivity index (χ1) is 10.5. The molecule has 1 fully saturated rings. The van der Waals surface area contributed by atoms with Crippen LogP contribution >= 0.6 is 11.3 Å². The summed E-state index contributed by atoms with van der Waals surface area (Å²) in [5.74, 6) is -0.0625. The van der Waals surface area contributed by atoms with Gasteiger partial charge in [-0.1, -0.05) is 0 Å². The summed E-state index contributed by atoms with van der Waals surface area (Å²) < 4.78 is 7.63. The lowest BCUT2D eigenvalue weighted by Crippen LogP contribution is -2.42.